The topological polar surface area (TPSA) is 38.3 Å². The van der Waals surface area contributed by atoms with Gasteiger partial charge in [-0.05, 0) is 54.4 Å². The lowest BCUT2D eigenvalue weighted by Crippen LogP contribution is -2.46. The normalized spacial score (nSPS) is 29.1. The molecule has 28 heavy (non-hydrogen) atoms. The van der Waals surface area contributed by atoms with Crippen molar-refractivity contribution in [1.82, 2.24) is 0 Å². The summed E-state index contributed by atoms with van der Waals surface area (Å²) in [5, 5.41) is 3.17. The second-order valence-corrected chi connectivity index (χ2v) is 7.95. The lowest BCUT2D eigenvalue weighted by molar-refractivity contribution is -0.122. The molecule has 0 saturated heterocycles. The Labute approximate surface area is 166 Å². The van der Waals surface area contributed by atoms with E-state index in [0.29, 0.717) is 24.4 Å². The van der Waals surface area contributed by atoms with E-state index in [-0.39, 0.29) is 17.7 Å². The standard InChI is InChI=1S/C25H25NO2/c1-2-28-23-14-8-7-13-22(23)26-25(27)21-15-20-16-9-3-5-11-18(16)24(21)19-12-6-4-10-17(19)20/h3-14,16,18,20-21,24H,2,15H2,1H3,(H,26,27)/t16-,18-,20-,21-,24-/m0/s1. The van der Waals surface area contributed by atoms with Crippen molar-refractivity contribution < 1.29 is 9.53 Å². The first-order valence-corrected chi connectivity index (χ1v) is 10.2. The predicted octanol–water partition coefficient (Wildman–Crippen LogP) is 5.28. The van der Waals surface area contributed by atoms with Gasteiger partial charge in [-0.25, -0.2) is 0 Å². The number of carbonyl (C=O) groups is 1. The molecule has 3 heteroatoms. The highest BCUT2D eigenvalue weighted by molar-refractivity contribution is 5.95. The van der Waals surface area contributed by atoms with Crippen LogP contribution in [0.15, 0.2) is 72.8 Å². The summed E-state index contributed by atoms with van der Waals surface area (Å²) in [5.74, 6) is 2.36. The minimum absolute atomic E-state index is 0.0213. The van der Waals surface area contributed by atoms with Crippen molar-refractivity contribution in [3.63, 3.8) is 0 Å². The van der Waals surface area contributed by atoms with E-state index in [1.165, 1.54) is 11.1 Å². The van der Waals surface area contributed by atoms with Crippen molar-refractivity contribution >= 4 is 11.6 Å². The molecule has 0 aromatic heterocycles. The van der Waals surface area contributed by atoms with Crippen LogP contribution in [0.1, 0.15) is 36.3 Å². The van der Waals surface area contributed by atoms with Crippen molar-refractivity contribution in [3.05, 3.63) is 84.0 Å². The van der Waals surface area contributed by atoms with Gasteiger partial charge < -0.3 is 10.1 Å². The third kappa shape index (κ3) is 2.69. The number of ether oxygens (including phenoxy) is 1. The number of allylic oxidation sites excluding steroid dienone is 4. The van der Waals surface area contributed by atoms with E-state index < -0.39 is 0 Å². The van der Waals surface area contributed by atoms with Crippen LogP contribution in [0.3, 0.4) is 0 Å². The van der Waals surface area contributed by atoms with Gasteiger partial charge >= 0.3 is 0 Å². The lowest BCUT2D eigenvalue weighted by atomic mass is 9.51. The van der Waals surface area contributed by atoms with E-state index >= 15 is 0 Å². The molecule has 1 fully saturated rings. The average Bonchev–Trinajstić information content (AvgIpc) is 2.75. The summed E-state index contributed by atoms with van der Waals surface area (Å²) < 4.78 is 5.69. The molecule has 1 saturated carbocycles. The molecule has 1 N–H and O–H groups in total. The van der Waals surface area contributed by atoms with Gasteiger partial charge in [0.2, 0.25) is 5.91 Å². The Bertz CT molecular complexity index is 961. The third-order valence-corrected chi connectivity index (χ3v) is 6.58. The molecule has 6 rings (SSSR count). The largest absolute Gasteiger partial charge is 0.492 e. The summed E-state index contributed by atoms with van der Waals surface area (Å²) in [4.78, 5) is 13.4. The number of amides is 1. The molecule has 2 bridgehead atoms. The van der Waals surface area contributed by atoms with Crippen molar-refractivity contribution in [2.24, 2.45) is 17.8 Å². The number of benzene rings is 2. The van der Waals surface area contributed by atoms with Crippen molar-refractivity contribution in [1.29, 1.82) is 0 Å². The van der Waals surface area contributed by atoms with Gasteiger partial charge in [0.05, 0.1) is 12.3 Å². The van der Waals surface area contributed by atoms with Crippen LogP contribution in [0.25, 0.3) is 0 Å². The third-order valence-electron chi connectivity index (χ3n) is 6.58. The first-order valence-electron chi connectivity index (χ1n) is 10.2. The number of hydrogen-bond donors (Lipinski definition) is 1. The molecule has 1 amide bonds. The van der Waals surface area contributed by atoms with Crippen LogP contribution in [-0.2, 0) is 4.79 Å². The van der Waals surface area contributed by atoms with Crippen LogP contribution in [0, 0.1) is 17.8 Å². The smallest absolute Gasteiger partial charge is 0.228 e. The van der Waals surface area contributed by atoms with E-state index in [9.17, 15) is 4.79 Å². The van der Waals surface area contributed by atoms with Crippen LogP contribution in [0.2, 0.25) is 0 Å². The number of nitrogens with one attached hydrogen (secondary N) is 1. The Morgan fingerprint density at radius 3 is 2.54 bits per heavy atom. The Hall–Kier alpha value is -2.81. The summed E-state index contributed by atoms with van der Waals surface area (Å²) in [6.45, 7) is 2.54. The van der Waals surface area contributed by atoms with Gasteiger partial charge in [-0.3, -0.25) is 4.79 Å². The molecule has 0 radical (unpaired) electrons. The maximum Gasteiger partial charge on any atom is 0.228 e. The SMILES string of the molecule is CCOc1ccccc1NC(=O)[C@H]1C[C@@H]2c3ccccc3[C@@H]1[C@H]1C=CC=C[C@@H]12. The van der Waals surface area contributed by atoms with Gasteiger partial charge in [0.25, 0.3) is 0 Å². The molecule has 4 aliphatic rings. The van der Waals surface area contributed by atoms with Gasteiger partial charge in [-0.1, -0.05) is 60.7 Å². The summed E-state index contributed by atoms with van der Waals surface area (Å²) >= 11 is 0. The van der Waals surface area contributed by atoms with Crippen molar-refractivity contribution in [2.75, 3.05) is 11.9 Å². The average molecular weight is 371 g/mol. The zero-order valence-electron chi connectivity index (χ0n) is 16.0. The Morgan fingerprint density at radius 1 is 1.00 bits per heavy atom. The van der Waals surface area contributed by atoms with E-state index in [2.05, 4.69) is 53.9 Å². The maximum atomic E-state index is 13.4. The molecule has 0 heterocycles. The highest BCUT2D eigenvalue weighted by atomic mass is 16.5. The molecule has 3 nitrogen and oxygen atoms in total. The van der Waals surface area contributed by atoms with Gasteiger partial charge in [-0.2, -0.15) is 0 Å². The second kappa shape index (κ2) is 6.97. The van der Waals surface area contributed by atoms with Crippen LogP contribution in [0.4, 0.5) is 5.69 Å². The molecule has 142 valence electrons. The minimum Gasteiger partial charge on any atom is -0.492 e. The number of carbonyl (C=O) groups excluding carboxylic acids is 1. The van der Waals surface area contributed by atoms with Gasteiger partial charge in [0, 0.05) is 11.8 Å². The highest BCUT2D eigenvalue weighted by Crippen LogP contribution is 2.59. The van der Waals surface area contributed by atoms with E-state index in [1.54, 1.807) is 0 Å². The highest BCUT2D eigenvalue weighted by Gasteiger charge is 2.52. The Morgan fingerprint density at radius 2 is 1.71 bits per heavy atom. The molecule has 0 unspecified atom stereocenters. The van der Waals surface area contributed by atoms with E-state index in [4.69, 9.17) is 4.74 Å². The first-order chi connectivity index (χ1) is 13.8. The molecule has 2 aromatic carbocycles. The maximum absolute atomic E-state index is 13.4. The van der Waals surface area contributed by atoms with Gasteiger partial charge in [0.1, 0.15) is 5.75 Å². The van der Waals surface area contributed by atoms with Crippen LogP contribution < -0.4 is 10.1 Å². The lowest BCUT2D eigenvalue weighted by Gasteiger charge is -2.52. The monoisotopic (exact) mass is 371 g/mol. The fourth-order valence-corrected chi connectivity index (χ4v) is 5.51. The van der Waals surface area contributed by atoms with E-state index in [0.717, 1.165) is 17.9 Å². The number of anilines is 1. The molecular formula is C25H25NO2. The zero-order valence-corrected chi connectivity index (χ0v) is 16.0. The van der Waals surface area contributed by atoms with Gasteiger partial charge in [-0.15, -0.1) is 0 Å². The Balaban J connectivity index is 1.48. The summed E-state index contributed by atoms with van der Waals surface area (Å²) in [6.07, 6.45) is 9.87. The first kappa shape index (κ1) is 17.3. The Kier molecular flexibility index (Phi) is 4.31. The fraction of sp³-hybridized carbons (Fsp3) is 0.320. The predicted molar refractivity (Wildman–Crippen MR) is 112 cm³/mol. The summed E-state index contributed by atoms with van der Waals surface area (Å²) in [5.41, 5.74) is 3.56. The number of hydrogen-bond acceptors (Lipinski definition) is 2. The fourth-order valence-electron chi connectivity index (χ4n) is 5.51. The minimum atomic E-state index is -0.0213. The number of para-hydroxylation sites is 2. The molecule has 0 aliphatic heterocycles. The molecule has 5 atom stereocenters. The quantitative estimate of drug-likeness (QED) is 0.794. The van der Waals surface area contributed by atoms with Crippen LogP contribution in [-0.4, -0.2) is 12.5 Å². The molecule has 4 aliphatic carbocycles. The summed E-state index contributed by atoms with van der Waals surface area (Å²) in [6, 6.07) is 16.4. The van der Waals surface area contributed by atoms with Crippen LogP contribution in [0.5, 0.6) is 5.75 Å². The van der Waals surface area contributed by atoms with Gasteiger partial charge in [0.15, 0.2) is 0 Å². The van der Waals surface area contributed by atoms with Crippen molar-refractivity contribution in [3.8, 4) is 5.75 Å². The molecular weight excluding hydrogens is 346 g/mol. The molecule has 2 aromatic rings. The van der Waals surface area contributed by atoms with Crippen LogP contribution >= 0.6 is 0 Å². The second-order valence-electron chi connectivity index (χ2n) is 7.95. The van der Waals surface area contributed by atoms with E-state index in [1.807, 2.05) is 31.2 Å². The number of rotatable bonds is 4. The zero-order chi connectivity index (χ0) is 19.1. The van der Waals surface area contributed by atoms with Crippen molar-refractivity contribution in [2.45, 2.75) is 25.2 Å². The summed E-state index contributed by atoms with van der Waals surface area (Å²) in [7, 11) is 0. The molecule has 0 spiro atoms. The number of fused-ring (bicyclic) bond motifs is 1.